The van der Waals surface area contributed by atoms with Crippen LogP contribution >= 0.6 is 0 Å². The van der Waals surface area contributed by atoms with Gasteiger partial charge in [0.05, 0.1) is 37.6 Å². The molecule has 8 nitrogen and oxygen atoms in total. The Morgan fingerprint density at radius 2 is 1.88 bits per heavy atom. The maximum absolute atomic E-state index is 13.0. The molecule has 0 saturated carbocycles. The van der Waals surface area contributed by atoms with Crippen molar-refractivity contribution in [2.45, 2.75) is 26.5 Å². The first kappa shape index (κ1) is 23.8. The van der Waals surface area contributed by atoms with E-state index >= 15 is 0 Å². The second kappa shape index (κ2) is 11.2. The minimum atomic E-state index is -0.144. The molecule has 2 heterocycles. The van der Waals surface area contributed by atoms with Gasteiger partial charge in [-0.3, -0.25) is 9.69 Å². The molecule has 1 aliphatic rings. The van der Waals surface area contributed by atoms with Crippen LogP contribution < -0.4 is 14.8 Å². The smallest absolute Gasteiger partial charge is 0.251 e. The number of nitrogens with zero attached hydrogens (tertiary/aromatic N) is 2. The summed E-state index contributed by atoms with van der Waals surface area (Å²) in [5.41, 5.74) is 3.40. The Morgan fingerprint density at radius 1 is 1.12 bits per heavy atom. The summed E-state index contributed by atoms with van der Waals surface area (Å²) >= 11 is 0. The van der Waals surface area contributed by atoms with Crippen LogP contribution in [0.4, 0.5) is 0 Å². The van der Waals surface area contributed by atoms with E-state index < -0.39 is 0 Å². The molecule has 8 heteroatoms. The van der Waals surface area contributed by atoms with Gasteiger partial charge >= 0.3 is 0 Å². The number of aryl methyl sites for hydroxylation is 2. The molecule has 180 valence electrons. The second-order valence-electron chi connectivity index (χ2n) is 8.27. The summed E-state index contributed by atoms with van der Waals surface area (Å²) in [6, 6.07) is 15.2. The summed E-state index contributed by atoms with van der Waals surface area (Å²) in [7, 11) is 1.65. The highest BCUT2D eigenvalue weighted by Crippen LogP contribution is 2.24. The largest absolute Gasteiger partial charge is 0.497 e. The van der Waals surface area contributed by atoms with Crippen molar-refractivity contribution in [1.82, 2.24) is 15.4 Å². The number of aromatic nitrogens is 1. The summed E-state index contributed by atoms with van der Waals surface area (Å²) in [5, 5.41) is 7.06. The van der Waals surface area contributed by atoms with E-state index in [1.165, 1.54) is 0 Å². The molecule has 3 aromatic rings. The third kappa shape index (κ3) is 5.76. The average molecular weight is 466 g/mol. The first-order valence-electron chi connectivity index (χ1n) is 11.4. The molecule has 34 heavy (non-hydrogen) atoms. The highest BCUT2D eigenvalue weighted by atomic mass is 16.5. The number of nitrogens with one attached hydrogen (secondary N) is 1. The normalized spacial score (nSPS) is 15.0. The summed E-state index contributed by atoms with van der Waals surface area (Å²) in [5.74, 6) is 2.02. The van der Waals surface area contributed by atoms with Crippen LogP contribution in [0.5, 0.6) is 11.5 Å². The second-order valence-corrected chi connectivity index (χ2v) is 8.27. The van der Waals surface area contributed by atoms with Crippen LogP contribution in [0.3, 0.4) is 0 Å². The number of carbonyl (C=O) groups excluding carboxylic acids is 1. The SMILES string of the molecule is COc1ccc([C@@H](CNC(=O)c2cccc(OCc3c(C)noc3C)c2)N2CCOCC2)cc1. The van der Waals surface area contributed by atoms with Crippen molar-refractivity contribution in [1.29, 1.82) is 0 Å². The fourth-order valence-electron chi connectivity index (χ4n) is 4.05. The van der Waals surface area contributed by atoms with E-state index in [2.05, 4.69) is 15.4 Å². The Morgan fingerprint density at radius 3 is 2.56 bits per heavy atom. The van der Waals surface area contributed by atoms with Crippen molar-refractivity contribution in [2.24, 2.45) is 0 Å². The number of carbonyl (C=O) groups is 1. The van der Waals surface area contributed by atoms with Crippen LogP contribution in [-0.4, -0.2) is 55.9 Å². The van der Waals surface area contributed by atoms with Crippen molar-refractivity contribution < 1.29 is 23.5 Å². The van der Waals surface area contributed by atoms with Crippen molar-refractivity contribution >= 4 is 5.91 Å². The fourth-order valence-corrected chi connectivity index (χ4v) is 4.05. The van der Waals surface area contributed by atoms with Gasteiger partial charge in [0, 0.05) is 25.2 Å². The van der Waals surface area contributed by atoms with Crippen molar-refractivity contribution in [2.75, 3.05) is 40.0 Å². The number of methoxy groups -OCH3 is 1. The molecule has 1 amide bonds. The van der Waals surface area contributed by atoms with E-state index in [0.29, 0.717) is 37.7 Å². The van der Waals surface area contributed by atoms with E-state index in [-0.39, 0.29) is 11.9 Å². The van der Waals surface area contributed by atoms with Gasteiger partial charge in [-0.1, -0.05) is 23.4 Å². The number of hydrogen-bond donors (Lipinski definition) is 1. The van der Waals surface area contributed by atoms with E-state index in [1.807, 2.05) is 50.2 Å². The topological polar surface area (TPSA) is 86.1 Å². The first-order chi connectivity index (χ1) is 16.5. The third-order valence-corrected chi connectivity index (χ3v) is 6.10. The minimum Gasteiger partial charge on any atom is -0.497 e. The van der Waals surface area contributed by atoms with Gasteiger partial charge in [-0.25, -0.2) is 0 Å². The lowest BCUT2D eigenvalue weighted by Gasteiger charge is -2.35. The van der Waals surface area contributed by atoms with Gasteiger partial charge in [-0.2, -0.15) is 0 Å². The van der Waals surface area contributed by atoms with Crippen LogP contribution in [0.25, 0.3) is 0 Å². The molecule has 0 unspecified atom stereocenters. The van der Waals surface area contributed by atoms with Crippen LogP contribution in [0.1, 0.15) is 39.0 Å². The van der Waals surface area contributed by atoms with Crippen molar-refractivity contribution in [3.05, 3.63) is 76.7 Å². The summed E-state index contributed by atoms with van der Waals surface area (Å²) in [6.45, 7) is 7.56. The van der Waals surface area contributed by atoms with Crippen LogP contribution in [0.2, 0.25) is 0 Å². The molecule has 0 spiro atoms. The first-order valence-corrected chi connectivity index (χ1v) is 11.4. The molecule has 1 fully saturated rings. The predicted octanol–water partition coefficient (Wildman–Crippen LogP) is 3.68. The van der Waals surface area contributed by atoms with Crippen LogP contribution in [0.15, 0.2) is 53.1 Å². The lowest BCUT2D eigenvalue weighted by molar-refractivity contribution is 0.0162. The zero-order valence-electron chi connectivity index (χ0n) is 19.9. The molecular weight excluding hydrogens is 434 g/mol. The monoisotopic (exact) mass is 465 g/mol. The van der Waals surface area contributed by atoms with Gasteiger partial charge in [-0.15, -0.1) is 0 Å². The molecule has 1 saturated heterocycles. The Kier molecular flexibility index (Phi) is 7.82. The Bertz CT molecular complexity index is 1070. The average Bonchev–Trinajstić information content (AvgIpc) is 3.20. The highest BCUT2D eigenvalue weighted by molar-refractivity contribution is 5.94. The maximum atomic E-state index is 13.0. The quantitative estimate of drug-likeness (QED) is 0.516. The molecule has 0 aliphatic carbocycles. The summed E-state index contributed by atoms with van der Waals surface area (Å²) < 4.78 is 21.9. The fraction of sp³-hybridized carbons (Fsp3) is 0.385. The summed E-state index contributed by atoms with van der Waals surface area (Å²) in [4.78, 5) is 15.3. The van der Waals surface area contributed by atoms with E-state index in [0.717, 1.165) is 41.4 Å². The van der Waals surface area contributed by atoms with E-state index in [9.17, 15) is 4.79 Å². The molecule has 0 bridgehead atoms. The predicted molar refractivity (Wildman–Crippen MR) is 127 cm³/mol. The zero-order valence-corrected chi connectivity index (χ0v) is 19.9. The minimum absolute atomic E-state index is 0.0396. The number of morpholine rings is 1. The number of rotatable bonds is 9. The molecule has 2 aromatic carbocycles. The van der Waals surface area contributed by atoms with Gasteiger partial charge in [-0.05, 0) is 49.7 Å². The Hall–Kier alpha value is -3.36. The van der Waals surface area contributed by atoms with Gasteiger partial charge in [0.15, 0.2) is 0 Å². The van der Waals surface area contributed by atoms with Gasteiger partial charge in [0.25, 0.3) is 5.91 Å². The number of amides is 1. The molecule has 1 aliphatic heterocycles. The molecule has 1 N–H and O–H groups in total. The Labute approximate surface area is 199 Å². The zero-order chi connectivity index (χ0) is 23.9. The van der Waals surface area contributed by atoms with Gasteiger partial charge < -0.3 is 24.1 Å². The number of ether oxygens (including phenoxy) is 3. The van der Waals surface area contributed by atoms with Gasteiger partial charge in [0.2, 0.25) is 0 Å². The standard InChI is InChI=1S/C26H31N3O5/c1-18-24(19(2)34-28-18)17-33-23-6-4-5-21(15-23)26(30)27-16-25(29-11-13-32-14-12-29)20-7-9-22(31-3)10-8-20/h4-10,15,25H,11-14,16-17H2,1-3H3,(H,27,30)/t25-/m1/s1. The highest BCUT2D eigenvalue weighted by Gasteiger charge is 2.23. The van der Waals surface area contributed by atoms with Crippen molar-refractivity contribution in [3.63, 3.8) is 0 Å². The Balaban J connectivity index is 1.42. The number of benzene rings is 2. The molecule has 1 aromatic heterocycles. The third-order valence-electron chi connectivity index (χ3n) is 6.10. The maximum Gasteiger partial charge on any atom is 0.251 e. The molecule has 4 rings (SSSR count). The van der Waals surface area contributed by atoms with Gasteiger partial charge in [0.1, 0.15) is 23.9 Å². The van der Waals surface area contributed by atoms with E-state index in [1.54, 1.807) is 19.2 Å². The summed E-state index contributed by atoms with van der Waals surface area (Å²) in [6.07, 6.45) is 0. The molecule has 1 atom stereocenters. The van der Waals surface area contributed by atoms with E-state index in [4.69, 9.17) is 18.7 Å². The molecule has 0 radical (unpaired) electrons. The van der Waals surface area contributed by atoms with Crippen LogP contribution in [0, 0.1) is 13.8 Å². The van der Waals surface area contributed by atoms with Crippen molar-refractivity contribution in [3.8, 4) is 11.5 Å². The lowest BCUT2D eigenvalue weighted by atomic mass is 10.0. The molecular formula is C26H31N3O5. The number of hydrogen-bond acceptors (Lipinski definition) is 7. The van der Waals surface area contributed by atoms with Crippen LogP contribution in [-0.2, 0) is 11.3 Å². The lowest BCUT2D eigenvalue weighted by Crippen LogP contribution is -2.43.